The zero-order chi connectivity index (χ0) is 6.53. The van der Waals surface area contributed by atoms with Crippen molar-refractivity contribution in [2.45, 2.75) is 31.7 Å². The van der Waals surface area contributed by atoms with E-state index < -0.39 is 0 Å². The van der Waals surface area contributed by atoms with E-state index in [2.05, 4.69) is 11.7 Å². The minimum atomic E-state index is 0.576. The maximum Gasteiger partial charge on any atom is 0.0793 e. The molecule has 1 aliphatic carbocycles. The molecule has 0 aromatic heterocycles. The molecule has 1 rings (SSSR count). The minimum absolute atomic E-state index is 0.576. The van der Waals surface area contributed by atoms with Gasteiger partial charge >= 0.3 is 0 Å². The highest BCUT2D eigenvalue weighted by Crippen LogP contribution is 2.15. The zero-order valence-corrected chi connectivity index (χ0v) is 5.56. The quantitative estimate of drug-likeness (QED) is 0.424. The van der Waals surface area contributed by atoms with Crippen LogP contribution in [0.15, 0.2) is 0 Å². The summed E-state index contributed by atoms with van der Waals surface area (Å²) in [5.74, 6) is 0. The monoisotopic (exact) mass is 125 g/mol. The first-order valence-corrected chi connectivity index (χ1v) is 3.50. The molecule has 0 amide bonds. The van der Waals surface area contributed by atoms with Gasteiger partial charge in [-0.25, -0.2) is 0 Å². The fourth-order valence-corrected chi connectivity index (χ4v) is 1.21. The van der Waals surface area contributed by atoms with E-state index in [9.17, 15) is 0 Å². The Kier molecular flexibility index (Phi) is 2.55. The molecule has 1 saturated carbocycles. The average molecular weight is 125 g/mol. The fraction of sp³-hybridized carbons (Fsp3) is 0.714. The van der Waals surface area contributed by atoms with Gasteiger partial charge in [-0.05, 0) is 32.1 Å². The molecule has 0 unspecified atom stereocenters. The molecule has 9 heavy (non-hydrogen) atoms. The second-order valence-corrected chi connectivity index (χ2v) is 2.45. The molecular formula is C7H13N2. The van der Waals surface area contributed by atoms with Crippen LogP contribution in [-0.4, -0.2) is 12.4 Å². The molecule has 51 valence electrons. The Morgan fingerprint density at radius 2 is 2.11 bits per heavy atom. The van der Waals surface area contributed by atoms with Gasteiger partial charge in [0.1, 0.15) is 0 Å². The van der Waals surface area contributed by atoms with Crippen LogP contribution in [-0.2, 0) is 0 Å². The Hall–Kier alpha value is -0.530. The van der Waals surface area contributed by atoms with Crippen molar-refractivity contribution in [3.05, 3.63) is 6.42 Å². The van der Waals surface area contributed by atoms with Gasteiger partial charge in [-0.15, -0.1) is 0 Å². The molecule has 0 aromatic rings. The van der Waals surface area contributed by atoms with Gasteiger partial charge in [-0.3, -0.25) is 5.41 Å². The third-order valence-corrected chi connectivity index (χ3v) is 1.76. The predicted molar refractivity (Wildman–Crippen MR) is 38.5 cm³/mol. The topological polar surface area (TPSA) is 35.9 Å². The van der Waals surface area contributed by atoms with Crippen LogP contribution >= 0.6 is 0 Å². The molecule has 0 aliphatic heterocycles. The molecule has 1 aliphatic rings. The highest BCUT2D eigenvalue weighted by Gasteiger charge is 2.10. The molecule has 2 N–H and O–H groups in total. The van der Waals surface area contributed by atoms with Crippen molar-refractivity contribution in [3.63, 3.8) is 0 Å². The molecule has 0 spiro atoms. The third kappa shape index (κ3) is 2.04. The van der Waals surface area contributed by atoms with Gasteiger partial charge in [-0.2, -0.15) is 0 Å². The van der Waals surface area contributed by atoms with Crippen molar-refractivity contribution >= 4 is 6.34 Å². The van der Waals surface area contributed by atoms with Crippen molar-refractivity contribution < 1.29 is 0 Å². The van der Waals surface area contributed by atoms with Crippen LogP contribution < -0.4 is 5.32 Å². The zero-order valence-electron chi connectivity index (χ0n) is 5.56. The van der Waals surface area contributed by atoms with Crippen LogP contribution in [0.4, 0.5) is 0 Å². The highest BCUT2D eigenvalue weighted by atomic mass is 14.9. The second kappa shape index (κ2) is 3.49. The molecule has 0 bridgehead atoms. The van der Waals surface area contributed by atoms with E-state index in [0.29, 0.717) is 6.04 Å². The van der Waals surface area contributed by atoms with Gasteiger partial charge in [0, 0.05) is 6.04 Å². The van der Waals surface area contributed by atoms with E-state index in [1.54, 1.807) is 0 Å². The lowest BCUT2D eigenvalue weighted by atomic mass is 9.96. The molecule has 0 aromatic carbocycles. The van der Waals surface area contributed by atoms with Gasteiger partial charge in [-0.1, -0.05) is 0 Å². The Balaban J connectivity index is 2.15. The van der Waals surface area contributed by atoms with Gasteiger partial charge in [0.15, 0.2) is 0 Å². The van der Waals surface area contributed by atoms with E-state index in [1.807, 2.05) is 0 Å². The molecule has 1 radical (unpaired) electrons. The van der Waals surface area contributed by atoms with Crippen molar-refractivity contribution in [2.75, 3.05) is 0 Å². The second-order valence-electron chi connectivity index (χ2n) is 2.45. The van der Waals surface area contributed by atoms with E-state index in [-0.39, 0.29) is 0 Å². The lowest BCUT2D eigenvalue weighted by Crippen LogP contribution is -2.29. The lowest BCUT2D eigenvalue weighted by molar-refractivity contribution is 0.472. The van der Waals surface area contributed by atoms with E-state index in [4.69, 9.17) is 5.41 Å². The molecule has 0 heterocycles. The van der Waals surface area contributed by atoms with E-state index >= 15 is 0 Å². The number of rotatable bonds is 2. The number of hydrogen-bond donors (Lipinski definition) is 2. The van der Waals surface area contributed by atoms with Crippen LogP contribution in [0.25, 0.3) is 0 Å². The lowest BCUT2D eigenvalue weighted by Gasteiger charge is -2.20. The van der Waals surface area contributed by atoms with Gasteiger partial charge in [0.25, 0.3) is 0 Å². The minimum Gasteiger partial charge on any atom is -0.374 e. The van der Waals surface area contributed by atoms with E-state index in [0.717, 1.165) is 0 Å². The first kappa shape index (κ1) is 6.59. The van der Waals surface area contributed by atoms with Crippen molar-refractivity contribution in [2.24, 2.45) is 0 Å². The smallest absolute Gasteiger partial charge is 0.0793 e. The highest BCUT2D eigenvalue weighted by molar-refractivity contribution is 5.50. The molecule has 2 heteroatoms. The van der Waals surface area contributed by atoms with Gasteiger partial charge in [0.2, 0.25) is 0 Å². The molecule has 2 nitrogen and oxygen atoms in total. The maximum absolute atomic E-state index is 6.79. The third-order valence-electron chi connectivity index (χ3n) is 1.76. The Morgan fingerprint density at radius 3 is 2.67 bits per heavy atom. The summed E-state index contributed by atoms with van der Waals surface area (Å²) in [4.78, 5) is 0. The van der Waals surface area contributed by atoms with Gasteiger partial charge in [0.05, 0.1) is 6.34 Å². The standard InChI is InChI=1S/C7H13N2/c8-6-9-7-4-2-1-3-5-7/h1,6-7H,2-5H2,(H2,8,9). The summed E-state index contributed by atoms with van der Waals surface area (Å²) in [7, 11) is 0. The average Bonchev–Trinajstić information content (AvgIpc) is 1.91. The van der Waals surface area contributed by atoms with Crippen molar-refractivity contribution in [1.29, 1.82) is 5.41 Å². The number of hydrogen-bond acceptors (Lipinski definition) is 1. The molecule has 0 saturated heterocycles. The SMILES string of the molecule is N=CNC1CC[CH]CC1. The first-order valence-electron chi connectivity index (χ1n) is 3.50. The summed E-state index contributed by atoms with van der Waals surface area (Å²) < 4.78 is 0. The Labute approximate surface area is 56.2 Å². The van der Waals surface area contributed by atoms with Crippen LogP contribution in [0.3, 0.4) is 0 Å². The summed E-state index contributed by atoms with van der Waals surface area (Å²) in [5, 5.41) is 9.80. The van der Waals surface area contributed by atoms with Gasteiger partial charge < -0.3 is 5.32 Å². The summed E-state index contributed by atoms with van der Waals surface area (Å²) in [6.45, 7) is 0. The Morgan fingerprint density at radius 1 is 1.44 bits per heavy atom. The fourth-order valence-electron chi connectivity index (χ4n) is 1.21. The van der Waals surface area contributed by atoms with Crippen LogP contribution in [0.5, 0.6) is 0 Å². The predicted octanol–water partition coefficient (Wildman–Crippen LogP) is 1.33. The summed E-state index contributed by atoms with van der Waals surface area (Å²) in [6, 6.07) is 0.576. The largest absolute Gasteiger partial charge is 0.374 e. The maximum atomic E-state index is 6.79. The molecule has 1 fully saturated rings. The van der Waals surface area contributed by atoms with Crippen LogP contribution in [0.1, 0.15) is 25.7 Å². The first-order chi connectivity index (χ1) is 4.43. The van der Waals surface area contributed by atoms with Crippen LogP contribution in [0.2, 0.25) is 0 Å². The van der Waals surface area contributed by atoms with E-state index in [1.165, 1.54) is 32.0 Å². The summed E-state index contributed by atoms with van der Waals surface area (Å²) in [6.07, 6.45) is 8.46. The summed E-state index contributed by atoms with van der Waals surface area (Å²) in [5.41, 5.74) is 0. The van der Waals surface area contributed by atoms with Crippen molar-refractivity contribution in [3.8, 4) is 0 Å². The molecular weight excluding hydrogens is 112 g/mol. The Bertz CT molecular complexity index is 84.9. The molecule has 0 atom stereocenters. The number of nitrogens with one attached hydrogen (secondary N) is 2. The normalized spacial score (nSPS) is 21.3. The summed E-state index contributed by atoms with van der Waals surface area (Å²) >= 11 is 0. The van der Waals surface area contributed by atoms with Crippen molar-refractivity contribution in [1.82, 2.24) is 5.32 Å². The van der Waals surface area contributed by atoms with Crippen LogP contribution in [0, 0.1) is 11.8 Å².